The first kappa shape index (κ1) is 23.9. The fourth-order valence-electron chi connectivity index (χ4n) is 4.04. The molecule has 2 aromatic heterocycles. The second-order valence-electron chi connectivity index (χ2n) is 8.03. The number of hydrogen-bond donors (Lipinski definition) is 3. The van der Waals surface area contributed by atoms with Crippen LogP contribution in [0.25, 0.3) is 0 Å². The maximum atomic E-state index is 12.9. The fraction of sp³-hybridized carbons (Fsp3) is 0.333. The SMILES string of the molecule is O=C(NCc1cc(Cc2cccs2)cs1)[C@H](O)[C@@H](O)C(=O)N1CCC[C@@H]1c1cccc(Cl)c1. The molecule has 1 saturated heterocycles. The summed E-state index contributed by atoms with van der Waals surface area (Å²) in [7, 11) is 0. The lowest BCUT2D eigenvalue weighted by molar-refractivity contribution is -0.153. The quantitative estimate of drug-likeness (QED) is 0.436. The number of carbonyl (C=O) groups is 2. The largest absolute Gasteiger partial charge is 0.380 e. The second kappa shape index (κ2) is 10.8. The highest BCUT2D eigenvalue weighted by atomic mass is 35.5. The molecular formula is C24H25ClN2O4S2. The van der Waals surface area contributed by atoms with Crippen LogP contribution in [0, 0.1) is 0 Å². The van der Waals surface area contributed by atoms with Crippen LogP contribution >= 0.6 is 34.3 Å². The molecule has 6 nitrogen and oxygen atoms in total. The smallest absolute Gasteiger partial charge is 0.255 e. The number of aliphatic hydroxyl groups excluding tert-OH is 2. The van der Waals surface area contributed by atoms with Crippen LogP contribution in [0.5, 0.6) is 0 Å². The van der Waals surface area contributed by atoms with Gasteiger partial charge < -0.3 is 20.4 Å². The van der Waals surface area contributed by atoms with Crippen LogP contribution in [-0.4, -0.2) is 45.7 Å². The molecule has 174 valence electrons. The van der Waals surface area contributed by atoms with E-state index in [-0.39, 0.29) is 12.6 Å². The van der Waals surface area contributed by atoms with E-state index >= 15 is 0 Å². The van der Waals surface area contributed by atoms with E-state index in [1.807, 2.05) is 35.0 Å². The molecule has 3 atom stereocenters. The Hall–Kier alpha value is -2.23. The summed E-state index contributed by atoms with van der Waals surface area (Å²) in [6.07, 6.45) is -1.34. The Labute approximate surface area is 205 Å². The van der Waals surface area contributed by atoms with Gasteiger partial charge in [0.25, 0.3) is 11.8 Å². The maximum absolute atomic E-state index is 12.9. The van der Waals surface area contributed by atoms with Crippen LogP contribution in [0.3, 0.4) is 0 Å². The van der Waals surface area contributed by atoms with E-state index in [1.54, 1.807) is 23.5 Å². The van der Waals surface area contributed by atoms with Gasteiger partial charge in [-0.25, -0.2) is 0 Å². The first-order valence-electron chi connectivity index (χ1n) is 10.7. The molecule has 3 heterocycles. The Morgan fingerprint density at radius 1 is 1.12 bits per heavy atom. The zero-order valence-corrected chi connectivity index (χ0v) is 20.2. The number of halogens is 1. The summed E-state index contributed by atoms with van der Waals surface area (Å²) in [5, 5.41) is 28.1. The molecule has 3 N–H and O–H groups in total. The number of thiophene rings is 2. The van der Waals surface area contributed by atoms with E-state index in [4.69, 9.17) is 11.6 Å². The van der Waals surface area contributed by atoms with Crippen LogP contribution in [0.4, 0.5) is 0 Å². The molecule has 9 heteroatoms. The standard InChI is InChI=1S/C24H25ClN2O4S2/c25-17-5-1-4-16(12-17)20-7-2-8-27(20)24(31)22(29)21(28)23(30)26-13-19-11-15(14-33-19)10-18-6-3-9-32-18/h1,3-6,9,11-12,14,20-22,28-29H,2,7-8,10,13H2,(H,26,30)/t20-,21-,22-/m1/s1. The number of benzene rings is 1. The summed E-state index contributed by atoms with van der Waals surface area (Å²) < 4.78 is 0. The van der Waals surface area contributed by atoms with Crippen molar-refractivity contribution in [1.29, 1.82) is 0 Å². The topological polar surface area (TPSA) is 89.9 Å². The zero-order valence-electron chi connectivity index (χ0n) is 17.8. The first-order valence-corrected chi connectivity index (χ1v) is 12.8. The molecule has 1 aromatic carbocycles. The van der Waals surface area contributed by atoms with Gasteiger partial charge in [-0.3, -0.25) is 9.59 Å². The number of nitrogens with zero attached hydrogens (tertiary/aromatic N) is 1. The molecule has 3 aromatic rings. The third-order valence-corrected chi connectivity index (χ3v) is 7.79. The molecule has 2 amide bonds. The van der Waals surface area contributed by atoms with E-state index in [1.165, 1.54) is 21.1 Å². The highest BCUT2D eigenvalue weighted by Crippen LogP contribution is 2.33. The van der Waals surface area contributed by atoms with E-state index in [9.17, 15) is 19.8 Å². The number of likely N-dealkylation sites (tertiary alicyclic amines) is 1. The molecule has 0 aliphatic carbocycles. The number of amides is 2. The summed E-state index contributed by atoms with van der Waals surface area (Å²) in [4.78, 5) is 29.0. The average molecular weight is 505 g/mol. The first-order chi connectivity index (χ1) is 15.9. The summed E-state index contributed by atoms with van der Waals surface area (Å²) in [6, 6.07) is 13.1. The molecule has 0 bridgehead atoms. The van der Waals surface area contributed by atoms with Gasteiger partial charge in [0.15, 0.2) is 12.2 Å². The summed E-state index contributed by atoms with van der Waals surface area (Å²) in [5.41, 5.74) is 2.03. The van der Waals surface area contributed by atoms with Crippen molar-refractivity contribution in [2.45, 2.75) is 44.1 Å². The lowest BCUT2D eigenvalue weighted by Crippen LogP contribution is -2.50. The van der Waals surface area contributed by atoms with Crippen LogP contribution in [-0.2, 0) is 22.6 Å². The molecule has 4 rings (SSSR count). The number of carbonyl (C=O) groups excluding carboxylic acids is 2. The van der Waals surface area contributed by atoms with Crippen LogP contribution in [0.1, 0.15) is 39.8 Å². The molecule has 0 unspecified atom stereocenters. The zero-order chi connectivity index (χ0) is 23.4. The van der Waals surface area contributed by atoms with Gasteiger partial charge in [-0.05, 0) is 59.0 Å². The van der Waals surface area contributed by atoms with Crippen molar-refractivity contribution in [3.63, 3.8) is 0 Å². The molecule has 33 heavy (non-hydrogen) atoms. The van der Waals surface area contributed by atoms with Crippen molar-refractivity contribution in [3.8, 4) is 0 Å². The van der Waals surface area contributed by atoms with E-state index in [0.29, 0.717) is 11.6 Å². The molecule has 1 fully saturated rings. The third-order valence-electron chi connectivity index (χ3n) is 5.69. The lowest BCUT2D eigenvalue weighted by Gasteiger charge is -2.28. The number of aliphatic hydroxyl groups is 2. The van der Waals surface area contributed by atoms with Gasteiger partial charge in [0.05, 0.1) is 12.6 Å². The number of nitrogens with one attached hydrogen (secondary N) is 1. The predicted molar refractivity (Wildman–Crippen MR) is 130 cm³/mol. The lowest BCUT2D eigenvalue weighted by atomic mass is 10.0. The minimum Gasteiger partial charge on any atom is -0.380 e. The predicted octanol–water partition coefficient (Wildman–Crippen LogP) is 3.76. The van der Waals surface area contributed by atoms with Gasteiger partial charge in [-0.2, -0.15) is 0 Å². The van der Waals surface area contributed by atoms with Crippen molar-refractivity contribution in [1.82, 2.24) is 10.2 Å². The minimum absolute atomic E-state index is 0.223. The Kier molecular flexibility index (Phi) is 7.82. The highest BCUT2D eigenvalue weighted by molar-refractivity contribution is 7.10. The number of rotatable bonds is 8. The van der Waals surface area contributed by atoms with Gasteiger partial charge in [-0.15, -0.1) is 22.7 Å². The summed E-state index contributed by atoms with van der Waals surface area (Å²) in [5.74, 6) is -1.43. The Balaban J connectivity index is 1.32. The third kappa shape index (κ3) is 5.83. The van der Waals surface area contributed by atoms with Gasteiger partial charge >= 0.3 is 0 Å². The Bertz CT molecular complexity index is 1100. The van der Waals surface area contributed by atoms with Crippen molar-refractivity contribution in [2.75, 3.05) is 6.54 Å². The molecular weight excluding hydrogens is 480 g/mol. The van der Waals surface area contributed by atoms with Crippen molar-refractivity contribution < 1.29 is 19.8 Å². The molecule has 0 spiro atoms. The van der Waals surface area contributed by atoms with E-state index in [0.717, 1.165) is 35.3 Å². The number of hydrogen-bond acceptors (Lipinski definition) is 6. The van der Waals surface area contributed by atoms with Crippen LogP contribution in [0.2, 0.25) is 5.02 Å². The van der Waals surface area contributed by atoms with Gasteiger partial charge in [0.1, 0.15) is 0 Å². The monoisotopic (exact) mass is 504 g/mol. The average Bonchev–Trinajstić information content (AvgIpc) is 3.58. The van der Waals surface area contributed by atoms with Crippen LogP contribution < -0.4 is 5.32 Å². The highest BCUT2D eigenvalue weighted by Gasteiger charge is 2.38. The van der Waals surface area contributed by atoms with Gasteiger partial charge in [-0.1, -0.05) is 29.8 Å². The Morgan fingerprint density at radius 3 is 2.73 bits per heavy atom. The second-order valence-corrected chi connectivity index (χ2v) is 10.5. The minimum atomic E-state index is -1.84. The van der Waals surface area contributed by atoms with E-state index in [2.05, 4.69) is 11.4 Å². The van der Waals surface area contributed by atoms with Crippen molar-refractivity contribution >= 4 is 46.1 Å². The molecule has 0 radical (unpaired) electrons. The van der Waals surface area contributed by atoms with Gasteiger partial charge in [0, 0.05) is 27.7 Å². The molecule has 0 saturated carbocycles. The van der Waals surface area contributed by atoms with Crippen molar-refractivity contribution in [2.24, 2.45) is 0 Å². The molecule has 1 aliphatic heterocycles. The normalized spacial score (nSPS) is 17.7. The fourth-order valence-corrected chi connectivity index (χ4v) is 5.81. The van der Waals surface area contributed by atoms with Gasteiger partial charge in [0.2, 0.25) is 0 Å². The molecule has 1 aliphatic rings. The van der Waals surface area contributed by atoms with Crippen LogP contribution in [0.15, 0.2) is 53.2 Å². The summed E-state index contributed by atoms with van der Waals surface area (Å²) in [6.45, 7) is 0.671. The summed E-state index contributed by atoms with van der Waals surface area (Å²) >= 11 is 9.30. The van der Waals surface area contributed by atoms with Crippen molar-refractivity contribution in [3.05, 3.63) is 79.1 Å². The maximum Gasteiger partial charge on any atom is 0.255 e. The Morgan fingerprint density at radius 2 is 1.97 bits per heavy atom. The van der Waals surface area contributed by atoms with E-state index < -0.39 is 24.0 Å².